The van der Waals surface area contributed by atoms with Gasteiger partial charge in [-0.15, -0.1) is 0 Å². The molecule has 0 saturated carbocycles. The number of pyridine rings is 1. The second-order valence-corrected chi connectivity index (χ2v) is 7.43. The molecule has 4 aromatic rings. The summed E-state index contributed by atoms with van der Waals surface area (Å²) in [5.41, 5.74) is 7.30. The van der Waals surface area contributed by atoms with E-state index in [-0.39, 0.29) is 5.69 Å². The molecule has 1 heterocycles. The van der Waals surface area contributed by atoms with Crippen molar-refractivity contribution in [2.45, 2.75) is 13.8 Å². The van der Waals surface area contributed by atoms with Crippen molar-refractivity contribution in [3.05, 3.63) is 106 Å². The van der Waals surface area contributed by atoms with Gasteiger partial charge in [0, 0.05) is 28.8 Å². The normalized spacial score (nSPS) is 10.5. The van der Waals surface area contributed by atoms with Crippen LogP contribution in [0.25, 0.3) is 33.6 Å². The van der Waals surface area contributed by atoms with Crippen LogP contribution in [-0.4, -0.2) is 9.91 Å². The molecule has 31 heavy (non-hydrogen) atoms. The molecule has 0 amide bonds. The van der Waals surface area contributed by atoms with Gasteiger partial charge in [0.25, 0.3) is 5.69 Å². The number of aryl methyl sites for hydroxylation is 2. The zero-order valence-corrected chi connectivity index (χ0v) is 17.2. The molecular formula is C26H19N3O2. The molecule has 5 nitrogen and oxygen atoms in total. The van der Waals surface area contributed by atoms with Crippen LogP contribution in [0.4, 0.5) is 5.69 Å². The van der Waals surface area contributed by atoms with E-state index in [1.54, 1.807) is 12.1 Å². The Balaban J connectivity index is 1.97. The highest BCUT2D eigenvalue weighted by atomic mass is 16.6. The van der Waals surface area contributed by atoms with Gasteiger partial charge in [-0.2, -0.15) is 5.26 Å². The second kappa shape index (κ2) is 8.21. The van der Waals surface area contributed by atoms with E-state index in [1.165, 1.54) is 12.1 Å². The van der Waals surface area contributed by atoms with E-state index in [9.17, 15) is 15.4 Å². The fraction of sp³-hybridized carbons (Fsp3) is 0.0769. The summed E-state index contributed by atoms with van der Waals surface area (Å²) in [7, 11) is 0. The smallest absolute Gasteiger partial charge is 0.258 e. The quantitative estimate of drug-likeness (QED) is 0.287. The molecule has 0 aliphatic rings. The molecule has 150 valence electrons. The number of nitrogens with zero attached hydrogens (tertiary/aromatic N) is 3. The summed E-state index contributed by atoms with van der Waals surface area (Å²) in [6.07, 6.45) is 0. The Bertz CT molecular complexity index is 1230. The Morgan fingerprint density at radius 3 is 1.84 bits per heavy atom. The van der Waals surface area contributed by atoms with Gasteiger partial charge in [0.15, 0.2) is 0 Å². The maximum atomic E-state index is 11.0. The number of hydrogen-bond acceptors (Lipinski definition) is 4. The number of aromatic nitrogens is 1. The highest BCUT2D eigenvalue weighted by Gasteiger charge is 2.17. The number of non-ortho nitro benzene ring substituents is 1. The molecule has 1 aromatic heterocycles. The first-order chi connectivity index (χ1) is 15.0. The zero-order chi connectivity index (χ0) is 22.0. The van der Waals surface area contributed by atoms with Crippen molar-refractivity contribution in [3.8, 4) is 39.7 Å². The zero-order valence-electron chi connectivity index (χ0n) is 17.2. The van der Waals surface area contributed by atoms with Gasteiger partial charge < -0.3 is 0 Å². The first-order valence-corrected chi connectivity index (χ1v) is 9.80. The minimum atomic E-state index is -0.425. The molecule has 0 aliphatic carbocycles. The largest absolute Gasteiger partial charge is 0.269 e. The van der Waals surface area contributed by atoms with Gasteiger partial charge in [-0.05, 0) is 37.6 Å². The Labute approximate surface area is 180 Å². The van der Waals surface area contributed by atoms with Gasteiger partial charge in [-0.1, -0.05) is 59.7 Å². The Hall–Kier alpha value is -4.30. The third-order valence-corrected chi connectivity index (χ3v) is 5.19. The highest BCUT2D eigenvalue weighted by molar-refractivity contribution is 5.83. The van der Waals surface area contributed by atoms with Crippen LogP contribution in [0, 0.1) is 35.3 Å². The predicted molar refractivity (Wildman–Crippen MR) is 121 cm³/mol. The molecule has 0 radical (unpaired) electrons. The molecule has 0 spiro atoms. The van der Waals surface area contributed by atoms with Crippen LogP contribution in [0.2, 0.25) is 0 Å². The molecule has 0 fully saturated rings. The lowest BCUT2D eigenvalue weighted by Gasteiger charge is -2.13. The van der Waals surface area contributed by atoms with Crippen LogP contribution in [0.1, 0.15) is 16.7 Å². The minimum absolute atomic E-state index is 0.0231. The molecule has 0 atom stereocenters. The van der Waals surface area contributed by atoms with Crippen molar-refractivity contribution in [1.29, 1.82) is 5.26 Å². The van der Waals surface area contributed by atoms with Crippen molar-refractivity contribution < 1.29 is 4.92 Å². The third-order valence-electron chi connectivity index (χ3n) is 5.19. The van der Waals surface area contributed by atoms with E-state index in [4.69, 9.17) is 4.98 Å². The topological polar surface area (TPSA) is 79.8 Å². The average molecular weight is 405 g/mol. The monoisotopic (exact) mass is 405 g/mol. The number of nitro groups is 1. The Kier molecular flexibility index (Phi) is 5.30. The van der Waals surface area contributed by atoms with E-state index in [1.807, 2.05) is 68.4 Å². The molecule has 0 aliphatic heterocycles. The molecule has 0 bridgehead atoms. The lowest BCUT2D eigenvalue weighted by molar-refractivity contribution is -0.384. The van der Waals surface area contributed by atoms with Gasteiger partial charge in [-0.25, -0.2) is 4.98 Å². The molecule has 0 unspecified atom stereocenters. The van der Waals surface area contributed by atoms with Crippen molar-refractivity contribution in [2.75, 3.05) is 0 Å². The number of hydrogen-bond donors (Lipinski definition) is 0. The summed E-state index contributed by atoms with van der Waals surface area (Å²) >= 11 is 0. The number of nitriles is 1. The summed E-state index contributed by atoms with van der Waals surface area (Å²) in [5, 5.41) is 21.0. The van der Waals surface area contributed by atoms with E-state index in [2.05, 4.69) is 6.07 Å². The van der Waals surface area contributed by atoms with Gasteiger partial charge in [0.2, 0.25) is 0 Å². The van der Waals surface area contributed by atoms with Crippen LogP contribution >= 0.6 is 0 Å². The summed E-state index contributed by atoms with van der Waals surface area (Å²) in [4.78, 5) is 15.4. The lowest BCUT2D eigenvalue weighted by atomic mass is 9.93. The van der Waals surface area contributed by atoms with Crippen LogP contribution < -0.4 is 0 Å². The van der Waals surface area contributed by atoms with Gasteiger partial charge in [0.05, 0.1) is 21.9 Å². The van der Waals surface area contributed by atoms with Crippen LogP contribution in [-0.2, 0) is 0 Å². The van der Waals surface area contributed by atoms with E-state index >= 15 is 0 Å². The highest BCUT2D eigenvalue weighted by Crippen LogP contribution is 2.35. The molecule has 5 heteroatoms. The van der Waals surface area contributed by atoms with Crippen LogP contribution in [0.3, 0.4) is 0 Å². The van der Waals surface area contributed by atoms with Crippen molar-refractivity contribution >= 4 is 5.69 Å². The molecule has 0 N–H and O–H groups in total. The van der Waals surface area contributed by atoms with Gasteiger partial charge in [0.1, 0.15) is 6.07 Å². The molecular weight excluding hydrogens is 386 g/mol. The fourth-order valence-electron chi connectivity index (χ4n) is 3.44. The Morgan fingerprint density at radius 1 is 0.806 bits per heavy atom. The standard InChI is InChI=1S/C26H19N3O2/c1-17-3-7-19(8-4-17)23-15-25(20-11-13-22(14-12-20)29(30)31)28-26(24(23)16-27)21-9-5-18(2)6-10-21/h3-15H,1-2H3. The molecule has 3 aromatic carbocycles. The fourth-order valence-corrected chi connectivity index (χ4v) is 3.44. The second-order valence-electron chi connectivity index (χ2n) is 7.43. The van der Waals surface area contributed by atoms with Crippen molar-refractivity contribution in [1.82, 2.24) is 4.98 Å². The first-order valence-electron chi connectivity index (χ1n) is 9.80. The Morgan fingerprint density at radius 2 is 1.32 bits per heavy atom. The van der Waals surface area contributed by atoms with Crippen molar-refractivity contribution in [2.24, 2.45) is 0 Å². The number of benzene rings is 3. The van der Waals surface area contributed by atoms with Gasteiger partial charge in [-0.3, -0.25) is 10.1 Å². The summed E-state index contributed by atoms with van der Waals surface area (Å²) < 4.78 is 0. The van der Waals surface area contributed by atoms with Crippen molar-refractivity contribution in [3.63, 3.8) is 0 Å². The lowest BCUT2D eigenvalue weighted by Crippen LogP contribution is -1.97. The van der Waals surface area contributed by atoms with Gasteiger partial charge >= 0.3 is 0 Å². The minimum Gasteiger partial charge on any atom is -0.258 e. The third kappa shape index (κ3) is 4.05. The molecule has 4 rings (SSSR count). The maximum Gasteiger partial charge on any atom is 0.269 e. The van der Waals surface area contributed by atoms with E-state index < -0.39 is 4.92 Å². The summed E-state index contributed by atoms with van der Waals surface area (Å²) in [5.74, 6) is 0. The van der Waals surface area contributed by atoms with E-state index in [0.29, 0.717) is 17.0 Å². The SMILES string of the molecule is Cc1ccc(-c2cc(-c3ccc([N+](=O)[O-])cc3)nc(-c3ccc(C)cc3)c2C#N)cc1. The number of nitro benzene ring substituents is 1. The summed E-state index contributed by atoms with van der Waals surface area (Å²) in [6, 6.07) is 26.4. The van der Waals surface area contributed by atoms with Crippen LogP contribution in [0.5, 0.6) is 0 Å². The molecule has 0 saturated heterocycles. The predicted octanol–water partition coefficient (Wildman–Crippen LogP) is 6.48. The van der Waals surface area contributed by atoms with Crippen LogP contribution in [0.15, 0.2) is 78.9 Å². The summed E-state index contributed by atoms with van der Waals surface area (Å²) in [6.45, 7) is 4.02. The number of rotatable bonds is 4. The average Bonchev–Trinajstić information content (AvgIpc) is 2.79. The first kappa shape index (κ1) is 20.0. The van der Waals surface area contributed by atoms with E-state index in [0.717, 1.165) is 33.4 Å². The maximum absolute atomic E-state index is 11.0.